The maximum Gasteiger partial charge on any atom is 0.224 e. The third kappa shape index (κ3) is 2.18. The van der Waals surface area contributed by atoms with Crippen LogP contribution >= 0.6 is 0 Å². The monoisotopic (exact) mass is 270 g/mol. The maximum atomic E-state index is 5.69. The van der Waals surface area contributed by atoms with Crippen LogP contribution in [-0.2, 0) is 0 Å². The molecule has 3 aromatic heterocycles. The van der Waals surface area contributed by atoms with E-state index in [0.717, 1.165) is 11.1 Å². The SMILES string of the molecule is CC(Nc1nc(N)nc2[nH]ncc12)c1cccc(N)n1. The normalized spacial score (nSPS) is 12.4. The summed E-state index contributed by atoms with van der Waals surface area (Å²) in [6.45, 7) is 1.96. The number of fused-ring (bicyclic) bond motifs is 1. The highest BCUT2D eigenvalue weighted by Crippen LogP contribution is 2.23. The molecule has 0 aliphatic carbocycles. The van der Waals surface area contributed by atoms with E-state index in [1.165, 1.54) is 0 Å². The molecule has 1 unspecified atom stereocenters. The predicted molar refractivity (Wildman–Crippen MR) is 76.8 cm³/mol. The number of rotatable bonds is 3. The van der Waals surface area contributed by atoms with Gasteiger partial charge in [-0.25, -0.2) is 4.98 Å². The van der Waals surface area contributed by atoms with Crippen LogP contribution in [0.25, 0.3) is 11.0 Å². The Hall–Kier alpha value is -2.90. The van der Waals surface area contributed by atoms with Crippen LogP contribution in [0.2, 0.25) is 0 Å². The summed E-state index contributed by atoms with van der Waals surface area (Å²) < 4.78 is 0. The van der Waals surface area contributed by atoms with E-state index in [1.807, 2.05) is 19.1 Å². The number of anilines is 3. The number of nitrogens with zero attached hydrogens (tertiary/aromatic N) is 4. The van der Waals surface area contributed by atoms with Crippen molar-refractivity contribution in [3.05, 3.63) is 30.1 Å². The van der Waals surface area contributed by atoms with E-state index in [-0.39, 0.29) is 12.0 Å². The van der Waals surface area contributed by atoms with Gasteiger partial charge in [-0.05, 0) is 19.1 Å². The van der Waals surface area contributed by atoms with Crippen LogP contribution in [0.4, 0.5) is 17.6 Å². The van der Waals surface area contributed by atoms with E-state index in [9.17, 15) is 0 Å². The lowest BCUT2D eigenvalue weighted by molar-refractivity contribution is 0.836. The van der Waals surface area contributed by atoms with Gasteiger partial charge in [0.2, 0.25) is 5.95 Å². The molecule has 0 bridgehead atoms. The second-order valence-corrected chi connectivity index (χ2v) is 4.42. The fourth-order valence-electron chi connectivity index (χ4n) is 1.95. The third-order valence-corrected chi connectivity index (χ3v) is 2.92. The van der Waals surface area contributed by atoms with Crippen molar-refractivity contribution in [2.75, 3.05) is 16.8 Å². The van der Waals surface area contributed by atoms with E-state index >= 15 is 0 Å². The molecule has 0 aliphatic rings. The summed E-state index contributed by atoms with van der Waals surface area (Å²) in [5.74, 6) is 1.27. The number of aromatic nitrogens is 5. The molecule has 20 heavy (non-hydrogen) atoms. The number of hydrogen-bond acceptors (Lipinski definition) is 7. The molecule has 0 aliphatic heterocycles. The summed E-state index contributed by atoms with van der Waals surface area (Å²) in [4.78, 5) is 12.5. The van der Waals surface area contributed by atoms with Crippen molar-refractivity contribution in [3.63, 3.8) is 0 Å². The lowest BCUT2D eigenvalue weighted by Crippen LogP contribution is -2.11. The van der Waals surface area contributed by atoms with Crippen molar-refractivity contribution in [1.82, 2.24) is 25.1 Å². The van der Waals surface area contributed by atoms with Crippen LogP contribution in [0.1, 0.15) is 18.7 Å². The van der Waals surface area contributed by atoms with Crippen LogP contribution in [0.3, 0.4) is 0 Å². The molecule has 0 spiro atoms. The summed E-state index contributed by atoms with van der Waals surface area (Å²) in [6.07, 6.45) is 1.65. The largest absolute Gasteiger partial charge is 0.384 e. The Balaban J connectivity index is 1.94. The minimum Gasteiger partial charge on any atom is -0.384 e. The number of nitrogens with one attached hydrogen (secondary N) is 2. The molecule has 8 heteroatoms. The highest BCUT2D eigenvalue weighted by atomic mass is 15.2. The van der Waals surface area contributed by atoms with Crippen molar-refractivity contribution in [2.45, 2.75) is 13.0 Å². The topological polar surface area (TPSA) is 131 Å². The second kappa shape index (κ2) is 4.65. The van der Waals surface area contributed by atoms with Gasteiger partial charge in [-0.1, -0.05) is 6.07 Å². The smallest absolute Gasteiger partial charge is 0.224 e. The molecule has 0 saturated carbocycles. The van der Waals surface area contributed by atoms with Crippen molar-refractivity contribution >= 4 is 28.6 Å². The van der Waals surface area contributed by atoms with Gasteiger partial charge in [0.15, 0.2) is 5.65 Å². The lowest BCUT2D eigenvalue weighted by atomic mass is 10.2. The Labute approximate surface area is 114 Å². The van der Waals surface area contributed by atoms with E-state index in [4.69, 9.17) is 11.5 Å². The molecule has 0 radical (unpaired) electrons. The molecule has 6 N–H and O–H groups in total. The van der Waals surface area contributed by atoms with Crippen molar-refractivity contribution in [2.24, 2.45) is 0 Å². The summed E-state index contributed by atoms with van der Waals surface area (Å²) >= 11 is 0. The molecule has 0 fully saturated rings. The van der Waals surface area contributed by atoms with Crippen LogP contribution in [0, 0.1) is 0 Å². The van der Waals surface area contributed by atoms with Crippen LogP contribution in [-0.4, -0.2) is 25.1 Å². The molecule has 0 amide bonds. The van der Waals surface area contributed by atoms with Gasteiger partial charge < -0.3 is 16.8 Å². The van der Waals surface area contributed by atoms with E-state index < -0.39 is 0 Å². The Morgan fingerprint density at radius 1 is 1.20 bits per heavy atom. The van der Waals surface area contributed by atoms with Gasteiger partial charge in [0.25, 0.3) is 0 Å². The molecular weight excluding hydrogens is 256 g/mol. The fourth-order valence-corrected chi connectivity index (χ4v) is 1.95. The zero-order valence-corrected chi connectivity index (χ0v) is 10.8. The highest BCUT2D eigenvalue weighted by Gasteiger charge is 2.12. The number of H-pyrrole nitrogens is 1. The highest BCUT2D eigenvalue weighted by molar-refractivity contribution is 5.86. The van der Waals surface area contributed by atoms with Gasteiger partial charge in [0.05, 0.1) is 23.3 Å². The number of nitrogen functional groups attached to an aromatic ring is 2. The van der Waals surface area contributed by atoms with Crippen molar-refractivity contribution < 1.29 is 0 Å². The summed E-state index contributed by atoms with van der Waals surface area (Å²) in [7, 11) is 0. The van der Waals surface area contributed by atoms with Gasteiger partial charge in [-0.3, -0.25) is 5.10 Å². The number of pyridine rings is 1. The molecule has 102 valence electrons. The maximum absolute atomic E-state index is 5.69. The van der Waals surface area contributed by atoms with Crippen molar-refractivity contribution in [1.29, 1.82) is 0 Å². The predicted octanol–water partition coefficient (Wildman–Crippen LogP) is 1.09. The molecule has 3 heterocycles. The minimum atomic E-state index is -0.0779. The van der Waals surface area contributed by atoms with Gasteiger partial charge in [-0.15, -0.1) is 0 Å². The minimum absolute atomic E-state index is 0.0779. The van der Waals surface area contributed by atoms with Crippen LogP contribution < -0.4 is 16.8 Å². The average molecular weight is 270 g/mol. The standard InChI is InChI=1S/C12H14N8/c1-6(8-3-2-4-9(13)17-8)16-10-7-5-15-20-11(7)19-12(14)18-10/h2-6H,1H3,(H2,13,17)(H4,14,15,16,18,19,20). The van der Waals surface area contributed by atoms with Crippen LogP contribution in [0.5, 0.6) is 0 Å². The molecule has 3 rings (SSSR count). The van der Waals surface area contributed by atoms with Crippen molar-refractivity contribution in [3.8, 4) is 0 Å². The van der Waals surface area contributed by atoms with Gasteiger partial charge in [0, 0.05) is 0 Å². The quantitative estimate of drug-likeness (QED) is 0.560. The summed E-state index contributed by atoms with van der Waals surface area (Å²) in [5, 5.41) is 10.7. The molecule has 3 aromatic rings. The molecule has 0 saturated heterocycles. The third-order valence-electron chi connectivity index (χ3n) is 2.92. The van der Waals surface area contributed by atoms with Gasteiger partial charge >= 0.3 is 0 Å². The van der Waals surface area contributed by atoms with Gasteiger partial charge in [0.1, 0.15) is 11.6 Å². The first kappa shape index (κ1) is 12.2. The van der Waals surface area contributed by atoms with Gasteiger partial charge in [-0.2, -0.15) is 15.1 Å². The fraction of sp³-hybridized carbons (Fsp3) is 0.167. The van der Waals surface area contributed by atoms with E-state index in [2.05, 4.69) is 30.5 Å². The first-order valence-electron chi connectivity index (χ1n) is 6.09. The number of hydrogen-bond donors (Lipinski definition) is 4. The Kier molecular flexibility index (Phi) is 2.82. The number of aromatic amines is 1. The van der Waals surface area contributed by atoms with E-state index in [1.54, 1.807) is 12.3 Å². The molecule has 0 aromatic carbocycles. The first-order chi connectivity index (χ1) is 9.63. The molecule has 8 nitrogen and oxygen atoms in total. The summed E-state index contributed by atoms with van der Waals surface area (Å²) in [6, 6.07) is 5.42. The Morgan fingerprint density at radius 3 is 2.85 bits per heavy atom. The summed E-state index contributed by atoms with van der Waals surface area (Å²) in [5.41, 5.74) is 12.8. The second-order valence-electron chi connectivity index (χ2n) is 4.42. The molecule has 1 atom stereocenters. The number of nitrogens with two attached hydrogens (primary N) is 2. The molecular formula is C12H14N8. The zero-order valence-electron chi connectivity index (χ0n) is 10.8. The first-order valence-corrected chi connectivity index (χ1v) is 6.09. The Bertz CT molecular complexity index is 750. The lowest BCUT2D eigenvalue weighted by Gasteiger charge is -2.15. The Morgan fingerprint density at radius 2 is 2.05 bits per heavy atom. The van der Waals surface area contributed by atoms with E-state index in [0.29, 0.717) is 17.3 Å². The van der Waals surface area contributed by atoms with Crippen LogP contribution in [0.15, 0.2) is 24.4 Å². The zero-order chi connectivity index (χ0) is 14.1. The average Bonchev–Trinajstić information content (AvgIpc) is 2.86.